The molecule has 3 rings (SSSR count). The second-order valence-electron chi connectivity index (χ2n) is 7.31. The van der Waals surface area contributed by atoms with Gasteiger partial charge in [-0.1, -0.05) is 13.3 Å². The molecule has 0 spiro atoms. The monoisotopic (exact) mass is 327 g/mol. The van der Waals surface area contributed by atoms with Gasteiger partial charge in [0.15, 0.2) is 15.8 Å². The lowest BCUT2D eigenvalue weighted by Crippen LogP contribution is -2.46. The minimum Gasteiger partial charge on any atom is -0.356 e. The van der Waals surface area contributed by atoms with E-state index < -0.39 is 9.84 Å². The fourth-order valence-corrected chi connectivity index (χ4v) is 6.08. The van der Waals surface area contributed by atoms with E-state index >= 15 is 0 Å². The average molecular weight is 327 g/mol. The zero-order chi connectivity index (χ0) is 15.6. The van der Waals surface area contributed by atoms with E-state index in [2.05, 4.69) is 22.5 Å². The van der Waals surface area contributed by atoms with Crippen LogP contribution in [0.3, 0.4) is 0 Å². The van der Waals surface area contributed by atoms with E-state index in [1.807, 2.05) is 0 Å². The number of nitrogens with one attached hydrogen (secondary N) is 2. The van der Waals surface area contributed by atoms with Crippen molar-refractivity contribution in [3.8, 4) is 0 Å². The van der Waals surface area contributed by atoms with Crippen LogP contribution in [0.5, 0.6) is 0 Å². The maximum absolute atomic E-state index is 11.5. The van der Waals surface area contributed by atoms with Gasteiger partial charge in [0, 0.05) is 19.1 Å². The van der Waals surface area contributed by atoms with Crippen LogP contribution in [-0.4, -0.2) is 45.0 Å². The van der Waals surface area contributed by atoms with Gasteiger partial charge < -0.3 is 10.6 Å². The van der Waals surface area contributed by atoms with Gasteiger partial charge in [0.25, 0.3) is 0 Å². The molecule has 0 aromatic carbocycles. The van der Waals surface area contributed by atoms with E-state index in [0.29, 0.717) is 24.1 Å². The lowest BCUT2D eigenvalue weighted by atomic mass is 9.95. The first-order valence-corrected chi connectivity index (χ1v) is 10.6. The van der Waals surface area contributed by atoms with Crippen LogP contribution in [-0.2, 0) is 9.84 Å². The molecule has 1 saturated heterocycles. The van der Waals surface area contributed by atoms with E-state index in [1.165, 1.54) is 25.7 Å². The minimum atomic E-state index is -2.80. The molecular formula is C16H29N3O2S. The molecule has 22 heavy (non-hydrogen) atoms. The molecule has 0 radical (unpaired) electrons. The summed E-state index contributed by atoms with van der Waals surface area (Å²) in [6, 6.07) is 0.564. The second-order valence-corrected chi connectivity index (χ2v) is 9.54. The molecule has 4 unspecified atom stereocenters. The normalized spacial score (nSPS) is 36.7. The van der Waals surface area contributed by atoms with Crippen molar-refractivity contribution >= 4 is 15.8 Å². The van der Waals surface area contributed by atoms with E-state index in [1.54, 1.807) is 0 Å². The van der Waals surface area contributed by atoms with Gasteiger partial charge in [-0.2, -0.15) is 0 Å². The van der Waals surface area contributed by atoms with Crippen LogP contribution >= 0.6 is 0 Å². The maximum atomic E-state index is 11.5. The van der Waals surface area contributed by atoms with Crippen LogP contribution in [0.4, 0.5) is 0 Å². The van der Waals surface area contributed by atoms with Crippen LogP contribution in [0, 0.1) is 17.8 Å². The number of hydrogen-bond donors (Lipinski definition) is 2. The van der Waals surface area contributed by atoms with Crippen molar-refractivity contribution in [3.05, 3.63) is 0 Å². The van der Waals surface area contributed by atoms with Crippen LogP contribution in [0.1, 0.15) is 45.4 Å². The molecule has 2 aliphatic carbocycles. The Morgan fingerprint density at radius 2 is 2.09 bits per heavy atom. The highest BCUT2D eigenvalue weighted by Crippen LogP contribution is 2.44. The number of fused-ring (bicyclic) bond motifs is 2. The SMILES string of the molecule is CCCNC(=NCC1CCS(=O)(=O)C1)NC1CC2CCC1C2. The first-order valence-electron chi connectivity index (χ1n) is 8.81. The summed E-state index contributed by atoms with van der Waals surface area (Å²) in [6.45, 7) is 3.68. The quantitative estimate of drug-likeness (QED) is 0.594. The Bertz CT molecular complexity index is 517. The van der Waals surface area contributed by atoms with E-state index in [0.717, 1.165) is 37.2 Å². The number of sulfone groups is 1. The number of aliphatic imine (C=N–C) groups is 1. The number of rotatable bonds is 5. The highest BCUT2D eigenvalue weighted by Gasteiger charge is 2.39. The third kappa shape index (κ3) is 3.94. The highest BCUT2D eigenvalue weighted by molar-refractivity contribution is 7.91. The van der Waals surface area contributed by atoms with Crippen molar-refractivity contribution in [2.24, 2.45) is 22.7 Å². The van der Waals surface area contributed by atoms with Gasteiger partial charge in [0.2, 0.25) is 0 Å². The average Bonchev–Trinajstić information content (AvgIpc) is 3.17. The van der Waals surface area contributed by atoms with Crippen LogP contribution in [0.2, 0.25) is 0 Å². The third-order valence-electron chi connectivity index (χ3n) is 5.44. The zero-order valence-corrected chi connectivity index (χ0v) is 14.4. The molecule has 0 aromatic heterocycles. The molecule has 0 aromatic rings. The number of hydrogen-bond acceptors (Lipinski definition) is 3. The summed E-state index contributed by atoms with van der Waals surface area (Å²) in [5.74, 6) is 3.46. The summed E-state index contributed by atoms with van der Waals surface area (Å²) < 4.78 is 23.1. The van der Waals surface area contributed by atoms with Gasteiger partial charge in [-0.3, -0.25) is 4.99 Å². The molecule has 2 saturated carbocycles. The van der Waals surface area contributed by atoms with Crippen LogP contribution in [0.25, 0.3) is 0 Å². The second kappa shape index (κ2) is 6.77. The summed E-state index contributed by atoms with van der Waals surface area (Å²) in [6.07, 6.45) is 7.23. The molecule has 2 N–H and O–H groups in total. The Morgan fingerprint density at radius 1 is 1.23 bits per heavy atom. The Balaban J connectivity index is 1.55. The molecular weight excluding hydrogens is 298 g/mol. The zero-order valence-electron chi connectivity index (χ0n) is 13.6. The fraction of sp³-hybridized carbons (Fsp3) is 0.938. The topological polar surface area (TPSA) is 70.6 Å². The predicted octanol–water partition coefficient (Wildman–Crippen LogP) is 1.55. The van der Waals surface area contributed by atoms with Crippen LogP contribution < -0.4 is 10.6 Å². The van der Waals surface area contributed by atoms with Crippen molar-refractivity contribution in [1.82, 2.24) is 10.6 Å². The van der Waals surface area contributed by atoms with E-state index in [9.17, 15) is 8.42 Å². The molecule has 4 atom stereocenters. The summed E-state index contributed by atoms with van der Waals surface area (Å²) in [5, 5.41) is 7.01. The van der Waals surface area contributed by atoms with E-state index in [-0.39, 0.29) is 5.92 Å². The van der Waals surface area contributed by atoms with Gasteiger partial charge in [0.05, 0.1) is 11.5 Å². The third-order valence-corrected chi connectivity index (χ3v) is 7.27. The summed E-state index contributed by atoms with van der Waals surface area (Å²) >= 11 is 0. The maximum Gasteiger partial charge on any atom is 0.191 e. The standard InChI is InChI=1S/C16H29N3O2S/c1-2-6-17-16(18-10-13-5-7-22(20,21)11-13)19-15-9-12-3-4-14(15)8-12/h12-15H,2-11H2,1H3,(H2,17,18,19). The predicted molar refractivity (Wildman–Crippen MR) is 89.7 cm³/mol. The van der Waals surface area contributed by atoms with Gasteiger partial charge >= 0.3 is 0 Å². The summed E-state index contributed by atoms with van der Waals surface area (Å²) in [4.78, 5) is 4.69. The van der Waals surface area contributed by atoms with Crippen molar-refractivity contribution in [3.63, 3.8) is 0 Å². The van der Waals surface area contributed by atoms with Crippen molar-refractivity contribution in [1.29, 1.82) is 0 Å². The van der Waals surface area contributed by atoms with Crippen molar-refractivity contribution in [2.45, 2.75) is 51.5 Å². The molecule has 5 nitrogen and oxygen atoms in total. The van der Waals surface area contributed by atoms with Gasteiger partial charge in [-0.15, -0.1) is 0 Å². The first-order chi connectivity index (χ1) is 10.6. The first kappa shape index (κ1) is 16.1. The van der Waals surface area contributed by atoms with Crippen molar-refractivity contribution in [2.75, 3.05) is 24.6 Å². The molecule has 126 valence electrons. The van der Waals surface area contributed by atoms with Gasteiger partial charge in [-0.25, -0.2) is 8.42 Å². The Labute approximate surface area is 134 Å². The summed E-state index contributed by atoms with van der Waals surface area (Å²) in [7, 11) is -2.80. The molecule has 3 aliphatic rings. The molecule has 2 bridgehead atoms. The minimum absolute atomic E-state index is 0.199. The molecule has 1 heterocycles. The Morgan fingerprint density at radius 3 is 2.68 bits per heavy atom. The lowest BCUT2D eigenvalue weighted by Gasteiger charge is -2.25. The number of nitrogens with zero attached hydrogens (tertiary/aromatic N) is 1. The van der Waals surface area contributed by atoms with Gasteiger partial charge in [-0.05, 0) is 49.9 Å². The Hall–Kier alpha value is -0.780. The summed E-state index contributed by atoms with van der Waals surface area (Å²) in [5.41, 5.74) is 0. The molecule has 0 amide bonds. The largest absolute Gasteiger partial charge is 0.356 e. The van der Waals surface area contributed by atoms with Crippen molar-refractivity contribution < 1.29 is 8.42 Å². The van der Waals surface area contributed by atoms with E-state index in [4.69, 9.17) is 0 Å². The Kier molecular flexibility index (Phi) is 4.95. The smallest absolute Gasteiger partial charge is 0.191 e. The number of guanidine groups is 1. The molecule has 3 fully saturated rings. The van der Waals surface area contributed by atoms with Gasteiger partial charge in [0.1, 0.15) is 0 Å². The lowest BCUT2D eigenvalue weighted by molar-refractivity contribution is 0.387. The fourth-order valence-electron chi connectivity index (χ4n) is 4.23. The molecule has 1 aliphatic heterocycles. The van der Waals surface area contributed by atoms with Crippen LogP contribution in [0.15, 0.2) is 4.99 Å². The molecule has 6 heteroatoms. The highest BCUT2D eigenvalue weighted by atomic mass is 32.2.